The first kappa shape index (κ1) is 38.7. The minimum absolute atomic E-state index is 0.00251. The van der Waals surface area contributed by atoms with Crippen LogP contribution in [0, 0.1) is 22.7 Å². The molecule has 14 nitrogen and oxygen atoms in total. The van der Waals surface area contributed by atoms with E-state index in [-0.39, 0.29) is 24.3 Å². The van der Waals surface area contributed by atoms with E-state index < -0.39 is 82.5 Å². The molecule has 3 aliphatic rings. The van der Waals surface area contributed by atoms with E-state index in [0.717, 1.165) is 32.1 Å². The standard InChI is InChI=1S/C34H56N6O8/c1-10-12-22(24(41)29(44)36-20-15-16-20)37-28(43)23-21-14-11-13-19(21)17-40(23)31(46)26(34(6,7)8)39-30(45)25(33(3,4)5)38-27(42)18(2)35-32(47)48-9/h18-23,25-26H,10-17H2,1-9H3,(H,35,47)(H,36,44)(H,37,43)(H,38,42)(H,39,45)/t18-,19+,21+,22?,23+,25-,26-/m1/s1. The second kappa shape index (κ2) is 15.7. The van der Waals surface area contributed by atoms with Gasteiger partial charge in [0, 0.05) is 12.6 Å². The molecule has 5 N–H and O–H groups in total. The van der Waals surface area contributed by atoms with E-state index in [1.807, 2.05) is 27.7 Å². The number of ether oxygens (including phenoxy) is 1. The highest BCUT2D eigenvalue weighted by atomic mass is 16.5. The van der Waals surface area contributed by atoms with Gasteiger partial charge in [0.2, 0.25) is 29.4 Å². The second-order valence-electron chi connectivity index (χ2n) is 15.7. The predicted molar refractivity (Wildman–Crippen MR) is 177 cm³/mol. The van der Waals surface area contributed by atoms with Gasteiger partial charge in [-0.1, -0.05) is 61.3 Å². The maximum atomic E-state index is 14.5. The number of nitrogens with zero attached hydrogens (tertiary/aromatic N) is 1. The highest BCUT2D eigenvalue weighted by Crippen LogP contribution is 2.43. The third kappa shape index (κ3) is 9.68. The molecule has 1 saturated heterocycles. The van der Waals surface area contributed by atoms with Crippen LogP contribution in [0.5, 0.6) is 0 Å². The maximum absolute atomic E-state index is 14.5. The number of amides is 6. The van der Waals surface area contributed by atoms with Crippen molar-refractivity contribution >= 4 is 41.4 Å². The fourth-order valence-electron chi connectivity index (χ4n) is 6.61. The SMILES string of the molecule is CCCC(NC(=O)[C@@H]1[C@H]2CCC[C@H]2CN1C(=O)[C@@H](NC(=O)[C@@H](NC(=O)[C@@H](C)NC(=O)OC)C(C)(C)C)C(C)(C)C)C(=O)C(=O)NC1CC1. The highest BCUT2D eigenvalue weighted by molar-refractivity contribution is 6.38. The Labute approximate surface area is 284 Å². The number of alkyl carbamates (subject to hydrolysis) is 1. The Morgan fingerprint density at radius 3 is 1.96 bits per heavy atom. The molecule has 3 rings (SSSR count). The summed E-state index contributed by atoms with van der Waals surface area (Å²) in [4.78, 5) is 94.2. The van der Waals surface area contributed by atoms with Crippen LogP contribution in [-0.4, -0.2) is 96.2 Å². The number of nitrogens with one attached hydrogen (secondary N) is 5. The lowest BCUT2D eigenvalue weighted by atomic mass is 9.82. The van der Waals surface area contributed by atoms with E-state index in [9.17, 15) is 33.6 Å². The van der Waals surface area contributed by atoms with Gasteiger partial charge < -0.3 is 36.2 Å². The van der Waals surface area contributed by atoms with Gasteiger partial charge in [0.15, 0.2) is 0 Å². The Morgan fingerprint density at radius 1 is 0.812 bits per heavy atom. The molecule has 7 atom stereocenters. The van der Waals surface area contributed by atoms with E-state index in [0.29, 0.717) is 13.0 Å². The van der Waals surface area contributed by atoms with Gasteiger partial charge in [0.25, 0.3) is 5.91 Å². The quantitative estimate of drug-likeness (QED) is 0.182. The molecular formula is C34H56N6O8. The van der Waals surface area contributed by atoms with Crippen molar-refractivity contribution in [3.05, 3.63) is 0 Å². The van der Waals surface area contributed by atoms with E-state index in [1.54, 1.807) is 20.8 Å². The second-order valence-corrected chi connectivity index (χ2v) is 15.7. The Morgan fingerprint density at radius 2 is 1.42 bits per heavy atom. The molecule has 3 fully saturated rings. The van der Waals surface area contributed by atoms with Gasteiger partial charge in [0.05, 0.1) is 13.2 Å². The fourth-order valence-corrected chi connectivity index (χ4v) is 6.61. The Kier molecular flexibility index (Phi) is 12.6. The van der Waals surface area contributed by atoms with Crippen LogP contribution in [0.15, 0.2) is 0 Å². The van der Waals surface area contributed by atoms with Gasteiger partial charge in [-0.3, -0.25) is 28.8 Å². The van der Waals surface area contributed by atoms with Crippen LogP contribution >= 0.6 is 0 Å². The molecule has 2 aliphatic carbocycles. The summed E-state index contributed by atoms with van der Waals surface area (Å²) in [5.41, 5.74) is -1.57. The molecule has 14 heteroatoms. The summed E-state index contributed by atoms with van der Waals surface area (Å²) in [6.07, 6.45) is 4.20. The predicted octanol–water partition coefficient (Wildman–Crippen LogP) is 1.55. The molecule has 1 aliphatic heterocycles. The molecule has 0 spiro atoms. The van der Waals surface area contributed by atoms with Crippen LogP contribution in [0.4, 0.5) is 4.79 Å². The molecule has 270 valence electrons. The summed E-state index contributed by atoms with van der Waals surface area (Å²) >= 11 is 0. The van der Waals surface area contributed by atoms with E-state index in [2.05, 4.69) is 31.3 Å². The molecule has 0 aromatic heterocycles. The number of fused-ring (bicyclic) bond motifs is 1. The van der Waals surface area contributed by atoms with Gasteiger partial charge >= 0.3 is 6.09 Å². The highest BCUT2D eigenvalue weighted by Gasteiger charge is 2.52. The number of ketones is 1. The number of methoxy groups -OCH3 is 1. The summed E-state index contributed by atoms with van der Waals surface area (Å²) < 4.78 is 4.57. The number of Topliss-reactive ketones (excluding diaryl/α,β-unsaturated/α-hetero) is 1. The lowest BCUT2D eigenvalue weighted by Gasteiger charge is -2.38. The molecule has 1 unspecified atom stereocenters. The van der Waals surface area contributed by atoms with Crippen molar-refractivity contribution < 1.29 is 38.3 Å². The molecule has 1 heterocycles. The molecule has 0 bridgehead atoms. The van der Waals surface area contributed by atoms with Crippen LogP contribution in [0.25, 0.3) is 0 Å². The summed E-state index contributed by atoms with van der Waals surface area (Å²) in [7, 11) is 1.17. The monoisotopic (exact) mass is 676 g/mol. The third-order valence-corrected chi connectivity index (χ3v) is 9.52. The van der Waals surface area contributed by atoms with Crippen LogP contribution in [-0.2, 0) is 33.5 Å². The number of hydrogen-bond acceptors (Lipinski definition) is 8. The van der Waals surface area contributed by atoms with Crippen LogP contribution in [0.3, 0.4) is 0 Å². The Bertz CT molecular complexity index is 1250. The zero-order chi connectivity index (χ0) is 36.1. The normalized spacial score (nSPS) is 23.1. The minimum atomic E-state index is -1.08. The van der Waals surface area contributed by atoms with Crippen molar-refractivity contribution in [1.29, 1.82) is 0 Å². The van der Waals surface area contributed by atoms with Gasteiger partial charge in [-0.2, -0.15) is 0 Å². The first-order valence-electron chi connectivity index (χ1n) is 17.2. The van der Waals surface area contributed by atoms with Crippen molar-refractivity contribution in [2.24, 2.45) is 22.7 Å². The van der Waals surface area contributed by atoms with Crippen molar-refractivity contribution in [3.8, 4) is 0 Å². The van der Waals surface area contributed by atoms with Gasteiger partial charge in [-0.25, -0.2) is 4.79 Å². The van der Waals surface area contributed by atoms with E-state index >= 15 is 0 Å². The first-order chi connectivity index (χ1) is 22.3. The van der Waals surface area contributed by atoms with Crippen LogP contribution in [0.1, 0.15) is 100 Å². The fraction of sp³-hybridized carbons (Fsp3) is 0.794. The molecule has 48 heavy (non-hydrogen) atoms. The number of likely N-dealkylation sites (tertiary alicyclic amines) is 1. The largest absolute Gasteiger partial charge is 0.453 e. The van der Waals surface area contributed by atoms with Crippen molar-refractivity contribution in [2.75, 3.05) is 13.7 Å². The summed E-state index contributed by atoms with van der Waals surface area (Å²) in [5, 5.41) is 13.5. The molecule has 2 saturated carbocycles. The first-order valence-corrected chi connectivity index (χ1v) is 17.2. The lowest BCUT2D eigenvalue weighted by molar-refractivity contribution is -0.146. The third-order valence-electron chi connectivity index (χ3n) is 9.52. The zero-order valence-electron chi connectivity index (χ0n) is 30.0. The molecule has 0 aromatic rings. The number of hydrogen-bond donors (Lipinski definition) is 5. The minimum Gasteiger partial charge on any atom is -0.453 e. The molecule has 0 radical (unpaired) electrons. The van der Waals surface area contributed by atoms with Crippen molar-refractivity contribution in [2.45, 2.75) is 137 Å². The van der Waals surface area contributed by atoms with Gasteiger partial charge in [-0.05, 0) is 61.7 Å². The molecule has 0 aromatic carbocycles. The van der Waals surface area contributed by atoms with Crippen LogP contribution in [0.2, 0.25) is 0 Å². The zero-order valence-corrected chi connectivity index (χ0v) is 30.0. The number of carbonyl (C=O) groups is 7. The van der Waals surface area contributed by atoms with Crippen LogP contribution < -0.4 is 26.6 Å². The van der Waals surface area contributed by atoms with E-state index in [1.165, 1.54) is 18.9 Å². The summed E-state index contributed by atoms with van der Waals surface area (Å²) in [6.45, 7) is 14.4. The Hall–Kier alpha value is -3.71. The van der Waals surface area contributed by atoms with Gasteiger partial charge in [0.1, 0.15) is 24.2 Å². The molecule has 6 amide bonds. The smallest absolute Gasteiger partial charge is 0.407 e. The lowest BCUT2D eigenvalue weighted by Crippen LogP contribution is -2.63. The average molecular weight is 677 g/mol. The summed E-state index contributed by atoms with van der Waals surface area (Å²) in [5.74, 6) is -3.55. The summed E-state index contributed by atoms with van der Waals surface area (Å²) in [6, 6.07) is -5.02. The number of carbonyl (C=O) groups excluding carboxylic acids is 7. The molecular weight excluding hydrogens is 620 g/mol. The van der Waals surface area contributed by atoms with Crippen molar-refractivity contribution in [1.82, 2.24) is 31.5 Å². The maximum Gasteiger partial charge on any atom is 0.407 e. The topological polar surface area (TPSA) is 192 Å². The Balaban J connectivity index is 1.84. The number of rotatable bonds is 13. The van der Waals surface area contributed by atoms with Crippen molar-refractivity contribution in [3.63, 3.8) is 0 Å². The van der Waals surface area contributed by atoms with Gasteiger partial charge in [-0.15, -0.1) is 0 Å². The van der Waals surface area contributed by atoms with E-state index in [4.69, 9.17) is 0 Å². The average Bonchev–Trinajstić information content (AvgIpc) is 3.56.